The third-order valence-corrected chi connectivity index (χ3v) is 2.57. The average Bonchev–Trinajstić information content (AvgIpc) is 2.85. The van der Waals surface area contributed by atoms with Crippen molar-refractivity contribution in [1.82, 2.24) is 19.9 Å². The predicted octanol–water partition coefficient (Wildman–Crippen LogP) is 0.0809. The van der Waals surface area contributed by atoms with E-state index in [1.807, 2.05) is 0 Å². The van der Waals surface area contributed by atoms with Gasteiger partial charge < -0.3 is 14.9 Å². The van der Waals surface area contributed by atoms with E-state index in [0.29, 0.717) is 18.5 Å². The molecule has 2 N–H and O–H groups in total. The van der Waals surface area contributed by atoms with Gasteiger partial charge in [-0.25, -0.2) is 4.98 Å². The lowest BCUT2D eigenvalue weighted by atomic mass is 10.2. The van der Waals surface area contributed by atoms with Crippen molar-refractivity contribution in [2.45, 2.75) is 6.42 Å². The molecule has 0 aliphatic rings. The van der Waals surface area contributed by atoms with Gasteiger partial charge in [-0.15, -0.1) is 0 Å². The maximum absolute atomic E-state index is 11.7. The first-order chi connectivity index (χ1) is 8.66. The lowest BCUT2D eigenvalue weighted by molar-refractivity contribution is 0.0953. The third-order valence-electron chi connectivity index (χ3n) is 2.57. The summed E-state index contributed by atoms with van der Waals surface area (Å²) in [6.07, 6.45) is 5.60. The van der Waals surface area contributed by atoms with Gasteiger partial charge in [0.05, 0.1) is 0 Å². The van der Waals surface area contributed by atoms with E-state index in [9.17, 15) is 9.59 Å². The molecule has 2 aromatic heterocycles. The standard InChI is InChI=1S/C12H14N4O2/c1-16-7-3-9(8-11(16)17)12(18)15-4-2-10-13-5-6-14-10/h3,5-8H,2,4H2,1H3,(H,13,14)(H,15,18). The quantitative estimate of drug-likeness (QED) is 0.801. The summed E-state index contributed by atoms with van der Waals surface area (Å²) in [5.74, 6) is 0.568. The van der Waals surface area contributed by atoms with Crippen molar-refractivity contribution < 1.29 is 4.79 Å². The number of nitrogens with zero attached hydrogens (tertiary/aromatic N) is 2. The first kappa shape index (κ1) is 12.1. The number of amides is 1. The van der Waals surface area contributed by atoms with Crippen molar-refractivity contribution in [1.29, 1.82) is 0 Å². The molecule has 0 fully saturated rings. The van der Waals surface area contributed by atoms with Crippen molar-refractivity contribution in [3.63, 3.8) is 0 Å². The van der Waals surface area contributed by atoms with Crippen LogP contribution in [0.5, 0.6) is 0 Å². The van der Waals surface area contributed by atoms with Gasteiger partial charge in [0.15, 0.2) is 0 Å². The zero-order valence-corrected chi connectivity index (χ0v) is 10.0. The number of hydrogen-bond acceptors (Lipinski definition) is 3. The van der Waals surface area contributed by atoms with Crippen LogP contribution in [0, 0.1) is 0 Å². The van der Waals surface area contributed by atoms with E-state index in [1.165, 1.54) is 10.6 Å². The van der Waals surface area contributed by atoms with E-state index in [1.54, 1.807) is 31.7 Å². The number of carbonyl (C=O) groups excluding carboxylic acids is 1. The SMILES string of the molecule is Cn1ccc(C(=O)NCCc2ncc[nH]2)cc1=O. The van der Waals surface area contributed by atoms with Gasteiger partial charge in [-0.3, -0.25) is 9.59 Å². The highest BCUT2D eigenvalue weighted by Gasteiger charge is 2.06. The van der Waals surface area contributed by atoms with Crippen LogP contribution >= 0.6 is 0 Å². The second-order valence-electron chi connectivity index (χ2n) is 3.91. The first-order valence-corrected chi connectivity index (χ1v) is 5.60. The molecule has 6 nitrogen and oxygen atoms in total. The molecule has 0 bridgehead atoms. The normalized spacial score (nSPS) is 10.3. The minimum absolute atomic E-state index is 0.200. The maximum Gasteiger partial charge on any atom is 0.251 e. The Morgan fingerprint density at radius 1 is 1.56 bits per heavy atom. The fourth-order valence-electron chi connectivity index (χ4n) is 1.52. The smallest absolute Gasteiger partial charge is 0.251 e. The summed E-state index contributed by atoms with van der Waals surface area (Å²) in [6.45, 7) is 0.474. The number of nitrogens with one attached hydrogen (secondary N) is 2. The van der Waals surface area contributed by atoms with Crippen LogP contribution in [-0.4, -0.2) is 27.0 Å². The summed E-state index contributed by atoms with van der Waals surface area (Å²) < 4.78 is 1.42. The van der Waals surface area contributed by atoms with Gasteiger partial charge in [0.2, 0.25) is 0 Å². The van der Waals surface area contributed by atoms with Gasteiger partial charge in [-0.2, -0.15) is 0 Å². The zero-order valence-electron chi connectivity index (χ0n) is 10.0. The minimum atomic E-state index is -0.251. The van der Waals surface area contributed by atoms with Crippen molar-refractivity contribution in [2.24, 2.45) is 7.05 Å². The molecule has 1 amide bonds. The molecular weight excluding hydrogens is 232 g/mol. The number of aromatic nitrogens is 3. The van der Waals surface area contributed by atoms with Gasteiger partial charge in [0.1, 0.15) is 5.82 Å². The first-order valence-electron chi connectivity index (χ1n) is 5.60. The average molecular weight is 246 g/mol. The second-order valence-corrected chi connectivity index (χ2v) is 3.91. The van der Waals surface area contributed by atoms with Crippen LogP contribution in [0.4, 0.5) is 0 Å². The number of imidazole rings is 1. The van der Waals surface area contributed by atoms with Crippen LogP contribution in [0.3, 0.4) is 0 Å². The Balaban J connectivity index is 1.91. The summed E-state index contributed by atoms with van der Waals surface area (Å²) in [6, 6.07) is 2.94. The molecule has 0 aliphatic carbocycles. The molecule has 0 aromatic carbocycles. The van der Waals surface area contributed by atoms with E-state index < -0.39 is 0 Å². The molecule has 6 heteroatoms. The van der Waals surface area contributed by atoms with Crippen molar-refractivity contribution >= 4 is 5.91 Å². The summed E-state index contributed by atoms with van der Waals surface area (Å²) >= 11 is 0. The van der Waals surface area contributed by atoms with Gasteiger partial charge >= 0.3 is 0 Å². The predicted molar refractivity (Wildman–Crippen MR) is 66.3 cm³/mol. The highest BCUT2D eigenvalue weighted by molar-refractivity contribution is 5.93. The van der Waals surface area contributed by atoms with E-state index in [0.717, 1.165) is 5.82 Å². The van der Waals surface area contributed by atoms with Gasteiger partial charge in [0, 0.05) is 50.2 Å². The van der Waals surface area contributed by atoms with Crippen LogP contribution < -0.4 is 10.9 Å². The highest BCUT2D eigenvalue weighted by atomic mass is 16.2. The van der Waals surface area contributed by atoms with Crippen LogP contribution in [0.15, 0.2) is 35.5 Å². The van der Waals surface area contributed by atoms with Crippen LogP contribution in [0.1, 0.15) is 16.2 Å². The van der Waals surface area contributed by atoms with Gasteiger partial charge in [-0.1, -0.05) is 0 Å². The summed E-state index contributed by atoms with van der Waals surface area (Å²) in [7, 11) is 1.64. The molecule has 2 aromatic rings. The molecule has 2 heterocycles. The van der Waals surface area contributed by atoms with E-state index in [2.05, 4.69) is 15.3 Å². The number of aromatic amines is 1. The number of rotatable bonds is 4. The maximum atomic E-state index is 11.7. The molecule has 0 unspecified atom stereocenters. The summed E-state index contributed by atoms with van der Waals surface area (Å²) in [4.78, 5) is 30.1. The molecule has 0 atom stereocenters. The monoisotopic (exact) mass is 246 g/mol. The van der Waals surface area contributed by atoms with E-state index >= 15 is 0 Å². The largest absolute Gasteiger partial charge is 0.352 e. The number of pyridine rings is 1. The molecule has 0 saturated heterocycles. The zero-order chi connectivity index (χ0) is 13.0. The lowest BCUT2D eigenvalue weighted by Gasteiger charge is -2.04. The molecule has 2 rings (SSSR count). The molecule has 0 radical (unpaired) electrons. The Labute approximate surface area is 104 Å². The van der Waals surface area contributed by atoms with Crippen LogP contribution in [-0.2, 0) is 13.5 Å². The third kappa shape index (κ3) is 2.85. The Morgan fingerprint density at radius 3 is 3.06 bits per heavy atom. The van der Waals surface area contributed by atoms with E-state index in [4.69, 9.17) is 0 Å². The molecule has 0 saturated carbocycles. The van der Waals surface area contributed by atoms with Gasteiger partial charge in [-0.05, 0) is 6.07 Å². The molecule has 94 valence electrons. The Morgan fingerprint density at radius 2 is 2.39 bits per heavy atom. The molecule has 0 aliphatic heterocycles. The molecular formula is C12H14N4O2. The van der Waals surface area contributed by atoms with Crippen molar-refractivity contribution in [2.75, 3.05) is 6.54 Å². The number of aryl methyl sites for hydroxylation is 1. The van der Waals surface area contributed by atoms with Crippen LogP contribution in [0.25, 0.3) is 0 Å². The Kier molecular flexibility index (Phi) is 3.57. The highest BCUT2D eigenvalue weighted by Crippen LogP contribution is 1.94. The number of carbonyl (C=O) groups is 1. The van der Waals surface area contributed by atoms with Crippen LogP contribution in [0.2, 0.25) is 0 Å². The Bertz CT molecular complexity index is 586. The molecule has 18 heavy (non-hydrogen) atoms. The summed E-state index contributed by atoms with van der Waals surface area (Å²) in [5.41, 5.74) is 0.172. The minimum Gasteiger partial charge on any atom is -0.352 e. The van der Waals surface area contributed by atoms with Crippen molar-refractivity contribution in [3.8, 4) is 0 Å². The topological polar surface area (TPSA) is 79.8 Å². The van der Waals surface area contributed by atoms with Gasteiger partial charge in [0.25, 0.3) is 11.5 Å². The van der Waals surface area contributed by atoms with E-state index in [-0.39, 0.29) is 11.5 Å². The number of hydrogen-bond donors (Lipinski definition) is 2. The lowest BCUT2D eigenvalue weighted by Crippen LogP contribution is -2.28. The molecule has 0 spiro atoms. The Hall–Kier alpha value is -2.37. The second kappa shape index (κ2) is 5.31. The fraction of sp³-hybridized carbons (Fsp3) is 0.250. The summed E-state index contributed by atoms with van der Waals surface area (Å²) in [5, 5.41) is 2.74. The fourth-order valence-corrected chi connectivity index (χ4v) is 1.52. The number of H-pyrrole nitrogens is 1. The van der Waals surface area contributed by atoms with Crippen molar-refractivity contribution in [3.05, 3.63) is 52.5 Å².